The molecule has 0 amide bonds. The van der Waals surface area contributed by atoms with Gasteiger partial charge in [0.2, 0.25) is 0 Å². The molecule has 0 aromatic heterocycles. The molecule has 0 bridgehead atoms. The predicted molar refractivity (Wildman–Crippen MR) is 72.0 cm³/mol. The number of nitro benzene ring substituents is 1. The van der Waals surface area contributed by atoms with Gasteiger partial charge in [-0.15, -0.1) is 0 Å². The molecule has 0 saturated carbocycles. The highest BCUT2D eigenvalue weighted by Crippen LogP contribution is 2.31. The molecule has 0 radical (unpaired) electrons. The molecule has 1 aromatic rings. The molecule has 114 valence electrons. The topological polar surface area (TPSA) is 104 Å². The van der Waals surface area contributed by atoms with E-state index < -0.39 is 34.1 Å². The Morgan fingerprint density at radius 3 is 2.71 bits per heavy atom. The number of β-amino-alcohol motifs (C(OH)–C–C–N with tert-alkyl or cyclic N) is 1. The summed E-state index contributed by atoms with van der Waals surface area (Å²) in [6, 6.07) is 1.57. The highest BCUT2D eigenvalue weighted by molar-refractivity contribution is 5.93. The van der Waals surface area contributed by atoms with E-state index in [4.69, 9.17) is 5.11 Å². The van der Waals surface area contributed by atoms with E-state index in [0.29, 0.717) is 19.0 Å². The largest absolute Gasteiger partial charge is 0.477 e. The number of rotatable bonds is 3. The van der Waals surface area contributed by atoms with E-state index in [2.05, 4.69) is 0 Å². The third-order valence-electron chi connectivity index (χ3n) is 3.75. The summed E-state index contributed by atoms with van der Waals surface area (Å²) in [5.41, 5.74) is -1.39. The zero-order valence-corrected chi connectivity index (χ0v) is 11.3. The number of hydrogen-bond donors (Lipinski definition) is 2. The molecule has 2 rings (SSSR count). The number of piperidine rings is 1. The average molecular weight is 298 g/mol. The summed E-state index contributed by atoms with van der Waals surface area (Å²) in [4.78, 5) is 22.5. The molecule has 0 aliphatic carbocycles. The van der Waals surface area contributed by atoms with Crippen LogP contribution in [-0.4, -0.2) is 40.3 Å². The summed E-state index contributed by atoms with van der Waals surface area (Å²) in [6.45, 7) is 2.48. The number of nitro groups is 1. The molecule has 1 fully saturated rings. The van der Waals surface area contributed by atoms with Gasteiger partial charge in [0.15, 0.2) is 5.82 Å². The number of hydrogen-bond acceptors (Lipinski definition) is 5. The first-order valence-corrected chi connectivity index (χ1v) is 6.45. The van der Waals surface area contributed by atoms with Crippen LogP contribution in [0.3, 0.4) is 0 Å². The molecule has 1 aliphatic heterocycles. The van der Waals surface area contributed by atoms with Gasteiger partial charge in [0, 0.05) is 13.1 Å². The Labute approximate surface area is 119 Å². The van der Waals surface area contributed by atoms with Gasteiger partial charge in [0.05, 0.1) is 22.8 Å². The SMILES string of the molecule is CC1CCN(c2cc(C(=O)O)c([N+](=O)[O-])cc2F)CC1O. The Bertz CT molecular complexity index is 592. The second-order valence-corrected chi connectivity index (χ2v) is 5.16. The number of aromatic carboxylic acids is 1. The minimum atomic E-state index is -1.49. The normalized spacial score (nSPS) is 22.1. The number of carbonyl (C=O) groups is 1. The third-order valence-corrected chi connectivity index (χ3v) is 3.75. The number of aliphatic hydroxyl groups excluding tert-OH is 1. The molecule has 8 heteroatoms. The molecule has 1 saturated heterocycles. The van der Waals surface area contributed by atoms with Crippen LogP contribution in [0.4, 0.5) is 15.8 Å². The van der Waals surface area contributed by atoms with Gasteiger partial charge in [0.1, 0.15) is 5.56 Å². The molecule has 1 aromatic carbocycles. The van der Waals surface area contributed by atoms with Crippen molar-refractivity contribution in [1.29, 1.82) is 0 Å². The van der Waals surface area contributed by atoms with Gasteiger partial charge in [-0.05, 0) is 18.4 Å². The third kappa shape index (κ3) is 2.94. The predicted octanol–water partition coefficient (Wildman–Crippen LogP) is 1.64. The number of benzene rings is 1. The maximum Gasteiger partial charge on any atom is 0.342 e. The Morgan fingerprint density at radius 1 is 1.52 bits per heavy atom. The summed E-state index contributed by atoms with van der Waals surface area (Å²) >= 11 is 0. The maximum absolute atomic E-state index is 14.0. The second-order valence-electron chi connectivity index (χ2n) is 5.16. The monoisotopic (exact) mass is 298 g/mol. The lowest BCUT2D eigenvalue weighted by Gasteiger charge is -2.36. The van der Waals surface area contributed by atoms with Gasteiger partial charge < -0.3 is 15.1 Å². The van der Waals surface area contributed by atoms with E-state index in [1.807, 2.05) is 6.92 Å². The van der Waals surface area contributed by atoms with Gasteiger partial charge >= 0.3 is 5.97 Å². The molecule has 7 nitrogen and oxygen atoms in total. The summed E-state index contributed by atoms with van der Waals surface area (Å²) in [7, 11) is 0. The summed E-state index contributed by atoms with van der Waals surface area (Å²) in [6.07, 6.45) is -0.0263. The molecule has 2 N–H and O–H groups in total. The van der Waals surface area contributed by atoms with E-state index >= 15 is 0 Å². The molecule has 0 spiro atoms. The molecule has 2 atom stereocenters. The van der Waals surface area contributed by atoms with Crippen molar-refractivity contribution in [2.45, 2.75) is 19.4 Å². The molecule has 1 aliphatic rings. The minimum absolute atomic E-state index is 0.0380. The highest BCUT2D eigenvalue weighted by Gasteiger charge is 2.29. The van der Waals surface area contributed by atoms with Gasteiger partial charge in [-0.3, -0.25) is 10.1 Å². The van der Waals surface area contributed by atoms with Crippen LogP contribution in [0.15, 0.2) is 12.1 Å². The molecular weight excluding hydrogens is 283 g/mol. The first kappa shape index (κ1) is 15.2. The van der Waals surface area contributed by atoms with E-state index in [0.717, 1.165) is 6.07 Å². The second kappa shape index (κ2) is 5.65. The van der Waals surface area contributed by atoms with Crippen LogP contribution in [0.1, 0.15) is 23.7 Å². The fraction of sp³-hybridized carbons (Fsp3) is 0.462. The van der Waals surface area contributed by atoms with E-state index in [9.17, 15) is 24.4 Å². The van der Waals surface area contributed by atoms with Crippen molar-refractivity contribution in [3.63, 3.8) is 0 Å². The van der Waals surface area contributed by atoms with Gasteiger partial charge in [-0.1, -0.05) is 6.92 Å². The molecule has 1 heterocycles. The number of anilines is 1. The van der Waals surface area contributed by atoms with E-state index in [1.54, 1.807) is 0 Å². The maximum atomic E-state index is 14.0. The van der Waals surface area contributed by atoms with Crippen molar-refractivity contribution in [2.75, 3.05) is 18.0 Å². The number of nitrogens with zero attached hydrogens (tertiary/aromatic N) is 2. The van der Waals surface area contributed by atoms with Crippen molar-refractivity contribution < 1.29 is 24.3 Å². The standard InChI is InChI=1S/C13H15FN2O5/c1-7-2-3-15(6-12(7)17)11-4-8(13(18)19)10(16(20)21)5-9(11)14/h4-5,7,12,17H,2-3,6H2,1H3,(H,18,19). The highest BCUT2D eigenvalue weighted by atomic mass is 19.1. The van der Waals surface area contributed by atoms with Crippen LogP contribution in [0.5, 0.6) is 0 Å². The lowest BCUT2D eigenvalue weighted by Crippen LogP contribution is -2.43. The van der Waals surface area contributed by atoms with Crippen molar-refractivity contribution in [3.05, 3.63) is 33.6 Å². The molecule has 2 unspecified atom stereocenters. The van der Waals surface area contributed by atoms with Crippen LogP contribution in [0, 0.1) is 21.8 Å². The Kier molecular flexibility index (Phi) is 4.08. The molecular formula is C13H15FN2O5. The minimum Gasteiger partial charge on any atom is -0.477 e. The van der Waals surface area contributed by atoms with E-state index in [-0.39, 0.29) is 18.2 Å². The van der Waals surface area contributed by atoms with Gasteiger partial charge in [0.25, 0.3) is 5.69 Å². The fourth-order valence-corrected chi connectivity index (χ4v) is 2.38. The number of aliphatic hydroxyl groups is 1. The van der Waals surface area contributed by atoms with Crippen molar-refractivity contribution >= 4 is 17.3 Å². The van der Waals surface area contributed by atoms with Crippen LogP contribution in [0.2, 0.25) is 0 Å². The Morgan fingerprint density at radius 2 is 2.19 bits per heavy atom. The lowest BCUT2D eigenvalue weighted by molar-refractivity contribution is -0.385. The molecule has 21 heavy (non-hydrogen) atoms. The first-order chi connectivity index (χ1) is 9.81. The average Bonchev–Trinajstić information content (AvgIpc) is 2.41. The van der Waals surface area contributed by atoms with Gasteiger partial charge in [-0.2, -0.15) is 0 Å². The fourth-order valence-electron chi connectivity index (χ4n) is 2.38. The summed E-state index contributed by atoms with van der Waals surface area (Å²) in [5.74, 6) is -2.29. The van der Waals surface area contributed by atoms with Crippen LogP contribution in [0.25, 0.3) is 0 Å². The van der Waals surface area contributed by atoms with Crippen molar-refractivity contribution in [3.8, 4) is 0 Å². The summed E-state index contributed by atoms with van der Waals surface area (Å²) in [5, 5.41) is 29.6. The zero-order valence-electron chi connectivity index (χ0n) is 11.3. The number of carboxylic acid groups (broad SMARTS) is 1. The summed E-state index contributed by atoms with van der Waals surface area (Å²) < 4.78 is 14.0. The smallest absolute Gasteiger partial charge is 0.342 e. The van der Waals surface area contributed by atoms with Crippen LogP contribution in [-0.2, 0) is 0 Å². The number of carboxylic acids is 1. The van der Waals surface area contributed by atoms with Gasteiger partial charge in [-0.25, -0.2) is 9.18 Å². The van der Waals surface area contributed by atoms with Crippen LogP contribution >= 0.6 is 0 Å². The first-order valence-electron chi connectivity index (χ1n) is 6.45. The zero-order chi connectivity index (χ0) is 15.7. The quantitative estimate of drug-likeness (QED) is 0.649. The van der Waals surface area contributed by atoms with Crippen LogP contribution < -0.4 is 4.90 Å². The lowest BCUT2D eigenvalue weighted by atomic mass is 9.95. The van der Waals surface area contributed by atoms with Crippen molar-refractivity contribution in [1.82, 2.24) is 0 Å². The van der Waals surface area contributed by atoms with E-state index in [1.165, 1.54) is 4.90 Å². The van der Waals surface area contributed by atoms with Crippen molar-refractivity contribution in [2.24, 2.45) is 5.92 Å². The Balaban J connectivity index is 2.43. The Hall–Kier alpha value is -2.22. The number of halogens is 1.